The quantitative estimate of drug-likeness (QED) is 0.732. The van der Waals surface area contributed by atoms with Crippen molar-refractivity contribution in [1.82, 2.24) is 0 Å². The molecule has 80 valence electrons. The predicted molar refractivity (Wildman–Crippen MR) is 61.7 cm³/mol. The van der Waals surface area contributed by atoms with E-state index in [0.717, 1.165) is 11.8 Å². The van der Waals surface area contributed by atoms with Gasteiger partial charge in [-0.15, -0.1) is 0 Å². The maximum Gasteiger partial charge on any atom is 0.119 e. The fourth-order valence-corrected chi connectivity index (χ4v) is 2.67. The average Bonchev–Trinajstić information content (AvgIpc) is 3.00. The molecule has 2 heteroatoms. The minimum atomic E-state index is 0.666. The lowest BCUT2D eigenvalue weighted by atomic mass is 10.1. The Morgan fingerprint density at radius 1 is 1.33 bits per heavy atom. The predicted octanol–water partition coefficient (Wildman–Crippen LogP) is 2.61. The van der Waals surface area contributed by atoms with Crippen LogP contribution in [-0.2, 0) is 6.42 Å². The zero-order chi connectivity index (χ0) is 10.4. The molecule has 15 heavy (non-hydrogen) atoms. The van der Waals surface area contributed by atoms with Crippen LogP contribution < -0.4 is 9.64 Å². The SMILES string of the molecule is COc1ccc2c(c1)CC(C)N2C1CC1. The van der Waals surface area contributed by atoms with Crippen LogP contribution in [0.1, 0.15) is 25.3 Å². The Balaban J connectivity index is 1.98. The smallest absolute Gasteiger partial charge is 0.119 e. The molecule has 0 N–H and O–H groups in total. The fraction of sp³-hybridized carbons (Fsp3) is 0.538. The third kappa shape index (κ3) is 1.39. The van der Waals surface area contributed by atoms with Crippen LogP contribution in [0.4, 0.5) is 5.69 Å². The molecule has 1 aliphatic carbocycles. The molecule has 2 aliphatic rings. The van der Waals surface area contributed by atoms with Crippen LogP contribution in [0.3, 0.4) is 0 Å². The monoisotopic (exact) mass is 203 g/mol. The van der Waals surface area contributed by atoms with Gasteiger partial charge in [0.2, 0.25) is 0 Å². The van der Waals surface area contributed by atoms with Gasteiger partial charge in [0.1, 0.15) is 5.75 Å². The van der Waals surface area contributed by atoms with Crippen molar-refractivity contribution in [1.29, 1.82) is 0 Å². The van der Waals surface area contributed by atoms with E-state index in [0.29, 0.717) is 6.04 Å². The lowest BCUT2D eigenvalue weighted by Gasteiger charge is -2.24. The van der Waals surface area contributed by atoms with Crippen LogP contribution >= 0.6 is 0 Å². The molecule has 0 aromatic heterocycles. The zero-order valence-corrected chi connectivity index (χ0v) is 9.36. The summed E-state index contributed by atoms with van der Waals surface area (Å²) in [5.41, 5.74) is 2.89. The third-order valence-electron chi connectivity index (χ3n) is 3.50. The van der Waals surface area contributed by atoms with Gasteiger partial charge in [-0.3, -0.25) is 0 Å². The average molecular weight is 203 g/mol. The van der Waals surface area contributed by atoms with Crippen LogP contribution in [-0.4, -0.2) is 19.2 Å². The van der Waals surface area contributed by atoms with E-state index in [1.165, 1.54) is 30.5 Å². The molecule has 2 nitrogen and oxygen atoms in total. The number of fused-ring (bicyclic) bond motifs is 1. The highest BCUT2D eigenvalue weighted by atomic mass is 16.5. The Kier molecular flexibility index (Phi) is 1.91. The number of benzene rings is 1. The van der Waals surface area contributed by atoms with Crippen LogP contribution in [0.2, 0.25) is 0 Å². The van der Waals surface area contributed by atoms with Crippen molar-refractivity contribution < 1.29 is 4.74 Å². The van der Waals surface area contributed by atoms with Crippen molar-refractivity contribution in [2.45, 2.75) is 38.3 Å². The van der Waals surface area contributed by atoms with E-state index >= 15 is 0 Å². The summed E-state index contributed by atoms with van der Waals surface area (Å²) in [6.07, 6.45) is 3.91. The Bertz CT molecular complexity index is 384. The molecule has 0 saturated heterocycles. The van der Waals surface area contributed by atoms with E-state index in [1.807, 2.05) is 0 Å². The molecular weight excluding hydrogens is 186 g/mol. The summed E-state index contributed by atoms with van der Waals surface area (Å²) in [5, 5.41) is 0. The van der Waals surface area contributed by atoms with E-state index in [1.54, 1.807) is 7.11 Å². The lowest BCUT2D eigenvalue weighted by Crippen LogP contribution is -2.31. The lowest BCUT2D eigenvalue weighted by molar-refractivity contribution is 0.414. The maximum absolute atomic E-state index is 5.27. The number of ether oxygens (including phenoxy) is 1. The first-order chi connectivity index (χ1) is 7.29. The second-order valence-corrected chi connectivity index (χ2v) is 4.69. The van der Waals surface area contributed by atoms with Crippen LogP contribution in [0, 0.1) is 0 Å². The second kappa shape index (κ2) is 3.16. The Morgan fingerprint density at radius 2 is 2.13 bits per heavy atom. The van der Waals surface area contributed by atoms with Crippen molar-refractivity contribution in [2.24, 2.45) is 0 Å². The molecular formula is C13H17NO. The molecule has 0 spiro atoms. The summed E-state index contributed by atoms with van der Waals surface area (Å²) in [6, 6.07) is 7.96. The van der Waals surface area contributed by atoms with E-state index < -0.39 is 0 Å². The summed E-state index contributed by atoms with van der Waals surface area (Å²) in [4.78, 5) is 2.59. The standard InChI is InChI=1S/C13H17NO/c1-9-7-10-8-12(15-2)5-6-13(10)14(9)11-3-4-11/h5-6,8-9,11H,3-4,7H2,1-2H3. The third-order valence-corrected chi connectivity index (χ3v) is 3.50. The number of hydrogen-bond donors (Lipinski definition) is 0. The van der Waals surface area contributed by atoms with Gasteiger partial charge in [-0.25, -0.2) is 0 Å². The first-order valence-corrected chi connectivity index (χ1v) is 5.75. The normalized spacial score (nSPS) is 24.1. The van der Waals surface area contributed by atoms with Crippen LogP contribution in [0.5, 0.6) is 5.75 Å². The minimum absolute atomic E-state index is 0.666. The Hall–Kier alpha value is -1.18. The van der Waals surface area contributed by atoms with Gasteiger partial charge in [-0.05, 0) is 49.9 Å². The van der Waals surface area contributed by atoms with E-state index in [2.05, 4.69) is 30.0 Å². The molecule has 1 unspecified atom stereocenters. The van der Waals surface area contributed by atoms with Gasteiger partial charge in [-0.1, -0.05) is 0 Å². The first-order valence-electron chi connectivity index (χ1n) is 5.75. The molecule has 0 amide bonds. The highest BCUT2D eigenvalue weighted by Crippen LogP contribution is 2.41. The van der Waals surface area contributed by atoms with Crippen molar-refractivity contribution in [2.75, 3.05) is 12.0 Å². The molecule has 1 aliphatic heterocycles. The van der Waals surface area contributed by atoms with Gasteiger partial charge in [0.05, 0.1) is 7.11 Å². The molecule has 1 atom stereocenters. The number of hydrogen-bond acceptors (Lipinski definition) is 2. The summed E-state index contributed by atoms with van der Waals surface area (Å²) < 4.78 is 5.27. The topological polar surface area (TPSA) is 12.5 Å². The molecule has 1 heterocycles. The fourth-order valence-electron chi connectivity index (χ4n) is 2.67. The van der Waals surface area contributed by atoms with Crippen LogP contribution in [0.15, 0.2) is 18.2 Å². The number of nitrogens with zero attached hydrogens (tertiary/aromatic N) is 1. The van der Waals surface area contributed by atoms with Gasteiger partial charge in [-0.2, -0.15) is 0 Å². The largest absolute Gasteiger partial charge is 0.497 e. The molecule has 1 fully saturated rings. The number of methoxy groups -OCH3 is 1. The molecule has 0 radical (unpaired) electrons. The summed E-state index contributed by atoms with van der Waals surface area (Å²) in [7, 11) is 1.73. The van der Waals surface area contributed by atoms with E-state index in [9.17, 15) is 0 Å². The van der Waals surface area contributed by atoms with Gasteiger partial charge < -0.3 is 9.64 Å². The molecule has 3 rings (SSSR count). The zero-order valence-electron chi connectivity index (χ0n) is 9.36. The van der Waals surface area contributed by atoms with Gasteiger partial charge in [0.25, 0.3) is 0 Å². The van der Waals surface area contributed by atoms with Crippen molar-refractivity contribution in [3.63, 3.8) is 0 Å². The van der Waals surface area contributed by atoms with E-state index in [4.69, 9.17) is 4.74 Å². The minimum Gasteiger partial charge on any atom is -0.497 e. The first kappa shape index (κ1) is 9.08. The molecule has 1 aromatic carbocycles. The Labute approximate surface area is 90.8 Å². The van der Waals surface area contributed by atoms with Crippen molar-refractivity contribution in [3.8, 4) is 5.75 Å². The van der Waals surface area contributed by atoms with Gasteiger partial charge >= 0.3 is 0 Å². The van der Waals surface area contributed by atoms with Crippen molar-refractivity contribution >= 4 is 5.69 Å². The van der Waals surface area contributed by atoms with Gasteiger partial charge in [0.15, 0.2) is 0 Å². The summed E-state index contributed by atoms with van der Waals surface area (Å²) >= 11 is 0. The summed E-state index contributed by atoms with van der Waals surface area (Å²) in [6.45, 7) is 2.32. The molecule has 1 saturated carbocycles. The number of anilines is 1. The van der Waals surface area contributed by atoms with Gasteiger partial charge in [0, 0.05) is 17.8 Å². The highest BCUT2D eigenvalue weighted by molar-refractivity contribution is 5.62. The number of rotatable bonds is 2. The van der Waals surface area contributed by atoms with Crippen LogP contribution in [0.25, 0.3) is 0 Å². The summed E-state index contributed by atoms with van der Waals surface area (Å²) in [5.74, 6) is 0.985. The highest BCUT2D eigenvalue weighted by Gasteiger charge is 2.37. The maximum atomic E-state index is 5.27. The Morgan fingerprint density at radius 3 is 2.80 bits per heavy atom. The molecule has 0 bridgehead atoms. The second-order valence-electron chi connectivity index (χ2n) is 4.69. The van der Waals surface area contributed by atoms with Crippen molar-refractivity contribution in [3.05, 3.63) is 23.8 Å². The molecule has 1 aromatic rings. The van der Waals surface area contributed by atoms with E-state index in [-0.39, 0.29) is 0 Å².